The maximum absolute atomic E-state index is 12.5. The van der Waals surface area contributed by atoms with E-state index in [0.29, 0.717) is 21.7 Å². The number of methoxy groups -OCH3 is 1. The van der Waals surface area contributed by atoms with Crippen LogP contribution in [0, 0.1) is 0 Å². The zero-order valence-corrected chi connectivity index (χ0v) is 17.8. The number of carbonyl (C=O) groups is 1. The van der Waals surface area contributed by atoms with E-state index < -0.39 is 0 Å². The second kappa shape index (κ2) is 8.23. The molecule has 10 heteroatoms. The summed E-state index contributed by atoms with van der Waals surface area (Å²) in [6.45, 7) is 0. The largest absolute Gasteiger partial charge is 0.496 e. The number of para-hydroxylation sites is 3. The monoisotopic (exact) mass is 446 g/mol. The Kier molecular flexibility index (Phi) is 5.12. The van der Waals surface area contributed by atoms with Crippen LogP contribution in [0.3, 0.4) is 0 Å². The molecule has 0 spiro atoms. The van der Waals surface area contributed by atoms with E-state index in [1.54, 1.807) is 17.7 Å². The van der Waals surface area contributed by atoms with E-state index in [1.807, 2.05) is 47.8 Å². The minimum absolute atomic E-state index is 0.0840. The van der Waals surface area contributed by atoms with Gasteiger partial charge >= 0.3 is 0 Å². The molecule has 0 radical (unpaired) electrons. The van der Waals surface area contributed by atoms with E-state index >= 15 is 0 Å². The molecule has 0 bridgehead atoms. The highest BCUT2D eigenvalue weighted by Gasteiger charge is 2.16. The van der Waals surface area contributed by atoms with Crippen LogP contribution in [0.2, 0.25) is 0 Å². The lowest BCUT2D eigenvalue weighted by atomic mass is 10.1. The van der Waals surface area contributed by atoms with Crippen molar-refractivity contribution < 1.29 is 9.53 Å². The van der Waals surface area contributed by atoms with Gasteiger partial charge in [0, 0.05) is 23.8 Å². The molecule has 3 aromatic heterocycles. The van der Waals surface area contributed by atoms with Crippen molar-refractivity contribution in [1.82, 2.24) is 24.6 Å². The molecule has 0 saturated carbocycles. The third-order valence-electron chi connectivity index (χ3n) is 4.97. The number of aromatic nitrogens is 5. The molecule has 160 valence electrons. The van der Waals surface area contributed by atoms with Crippen LogP contribution in [0.4, 0.5) is 5.95 Å². The third-order valence-corrected chi connectivity index (χ3v) is 5.79. The maximum Gasteiger partial charge on any atom is 0.270 e. The van der Waals surface area contributed by atoms with Gasteiger partial charge < -0.3 is 9.72 Å². The van der Waals surface area contributed by atoms with Crippen LogP contribution in [0.1, 0.15) is 12.1 Å². The summed E-state index contributed by atoms with van der Waals surface area (Å²) in [5.41, 5.74) is 3.07. The lowest BCUT2D eigenvalue weighted by Crippen LogP contribution is -2.19. The quantitative estimate of drug-likeness (QED) is 0.414. The molecule has 2 N–H and O–H groups in total. The molecule has 2 aromatic carbocycles. The predicted octanol–water partition coefficient (Wildman–Crippen LogP) is 3.27. The average molecular weight is 446 g/mol. The molecule has 0 atom stereocenters. The minimum atomic E-state index is -0.295. The highest BCUT2D eigenvalue weighted by Crippen LogP contribution is 2.32. The molecular weight excluding hydrogens is 428 g/mol. The summed E-state index contributed by atoms with van der Waals surface area (Å²) >= 11 is 1.42. The molecular formula is C22H18N6O3S. The molecule has 0 saturated heterocycles. The Hall–Kier alpha value is -4.05. The fraction of sp³-hybridized carbons (Fsp3) is 0.136. The number of aryl methyl sites for hydroxylation is 1. The zero-order chi connectivity index (χ0) is 22.1. The van der Waals surface area contributed by atoms with Crippen LogP contribution in [-0.4, -0.2) is 37.6 Å². The summed E-state index contributed by atoms with van der Waals surface area (Å²) in [6, 6.07) is 14.9. The second-order valence-electron chi connectivity index (χ2n) is 7.03. The van der Waals surface area contributed by atoms with Crippen molar-refractivity contribution in [2.75, 3.05) is 12.4 Å². The molecule has 0 fully saturated rings. The smallest absolute Gasteiger partial charge is 0.270 e. The van der Waals surface area contributed by atoms with Crippen LogP contribution in [0.5, 0.6) is 5.75 Å². The first-order chi connectivity index (χ1) is 15.6. The van der Waals surface area contributed by atoms with Crippen LogP contribution in [0.15, 0.2) is 58.7 Å². The number of amides is 1. The van der Waals surface area contributed by atoms with Gasteiger partial charge in [0.2, 0.25) is 16.8 Å². The van der Waals surface area contributed by atoms with E-state index in [2.05, 4.69) is 25.4 Å². The number of rotatable bonds is 6. The fourth-order valence-corrected chi connectivity index (χ4v) is 4.25. The Morgan fingerprint density at radius 1 is 1.16 bits per heavy atom. The fourth-order valence-electron chi connectivity index (χ4n) is 3.43. The topological polar surface area (TPSA) is 114 Å². The molecule has 3 heterocycles. The van der Waals surface area contributed by atoms with Gasteiger partial charge in [0.1, 0.15) is 11.4 Å². The van der Waals surface area contributed by atoms with Gasteiger partial charge in [0.25, 0.3) is 5.56 Å². The number of H-pyrrole nitrogens is 1. The Balaban J connectivity index is 1.32. The number of nitrogens with one attached hydrogen (secondary N) is 2. The average Bonchev–Trinajstić information content (AvgIpc) is 3.37. The minimum Gasteiger partial charge on any atom is -0.496 e. The Bertz CT molecular complexity index is 1500. The molecule has 5 rings (SSSR count). The highest BCUT2D eigenvalue weighted by molar-refractivity contribution is 7.15. The Morgan fingerprint density at radius 2 is 1.97 bits per heavy atom. The number of hydrogen-bond donors (Lipinski definition) is 2. The first kappa shape index (κ1) is 19.9. The Morgan fingerprint density at radius 3 is 2.84 bits per heavy atom. The van der Waals surface area contributed by atoms with Crippen LogP contribution >= 0.6 is 11.3 Å². The Labute approximate surface area is 185 Å². The number of carbonyl (C=O) groups excluding carboxylic acids is 1. The summed E-state index contributed by atoms with van der Waals surface area (Å²) in [4.78, 5) is 36.9. The van der Waals surface area contributed by atoms with Gasteiger partial charge in [-0.1, -0.05) is 24.3 Å². The number of hydrogen-bond acceptors (Lipinski definition) is 7. The SMILES string of the molecule is COc1ccccc1-c1csc2nc(NC(=O)CCc3nc4ccccc4[nH]c3=O)nn12. The maximum atomic E-state index is 12.5. The molecule has 0 aliphatic rings. The predicted molar refractivity (Wildman–Crippen MR) is 122 cm³/mol. The number of aromatic amines is 1. The molecule has 9 nitrogen and oxygen atoms in total. The number of thiazole rings is 1. The van der Waals surface area contributed by atoms with E-state index in [1.165, 1.54) is 11.3 Å². The first-order valence-electron chi connectivity index (χ1n) is 9.88. The normalized spacial score (nSPS) is 11.2. The standard InChI is InChI=1S/C22H18N6O3S/c1-31-18-9-5-2-6-13(18)17-12-32-22-26-21(27-28(17)22)25-19(29)11-10-16-20(30)24-15-8-4-3-7-14(15)23-16/h2-9,12H,10-11H2,1H3,(H,24,30)(H,25,27,29). The van der Waals surface area contributed by atoms with Crippen molar-refractivity contribution in [2.45, 2.75) is 12.8 Å². The number of anilines is 1. The molecule has 0 aliphatic carbocycles. The van der Waals surface area contributed by atoms with Gasteiger partial charge in [0.05, 0.1) is 23.8 Å². The van der Waals surface area contributed by atoms with Gasteiger partial charge in [0.15, 0.2) is 0 Å². The van der Waals surface area contributed by atoms with E-state index in [0.717, 1.165) is 17.0 Å². The second-order valence-corrected chi connectivity index (χ2v) is 7.87. The van der Waals surface area contributed by atoms with Crippen molar-refractivity contribution in [3.63, 3.8) is 0 Å². The summed E-state index contributed by atoms with van der Waals surface area (Å²) < 4.78 is 7.11. The van der Waals surface area contributed by atoms with Gasteiger partial charge in [-0.2, -0.15) is 4.98 Å². The van der Waals surface area contributed by atoms with E-state index in [9.17, 15) is 9.59 Å². The van der Waals surface area contributed by atoms with Crippen molar-refractivity contribution in [1.29, 1.82) is 0 Å². The third kappa shape index (κ3) is 3.71. The lowest BCUT2D eigenvalue weighted by molar-refractivity contribution is -0.116. The molecule has 0 aliphatic heterocycles. The summed E-state index contributed by atoms with van der Waals surface area (Å²) in [5.74, 6) is 0.635. The molecule has 5 aromatic rings. The van der Waals surface area contributed by atoms with Gasteiger partial charge in [-0.15, -0.1) is 16.4 Å². The van der Waals surface area contributed by atoms with E-state index in [-0.39, 0.29) is 30.3 Å². The van der Waals surface area contributed by atoms with Crippen molar-refractivity contribution in [3.8, 4) is 17.0 Å². The van der Waals surface area contributed by atoms with Gasteiger partial charge in [-0.05, 0) is 24.3 Å². The molecule has 0 unspecified atom stereocenters. The van der Waals surface area contributed by atoms with Crippen molar-refractivity contribution >= 4 is 39.2 Å². The van der Waals surface area contributed by atoms with E-state index in [4.69, 9.17) is 4.74 Å². The summed E-state index contributed by atoms with van der Waals surface area (Å²) in [6.07, 6.45) is 0.293. The molecule has 32 heavy (non-hydrogen) atoms. The van der Waals surface area contributed by atoms with Crippen molar-refractivity contribution in [3.05, 3.63) is 70.0 Å². The zero-order valence-electron chi connectivity index (χ0n) is 17.0. The number of benzene rings is 2. The van der Waals surface area contributed by atoms with Crippen LogP contribution < -0.4 is 15.6 Å². The lowest BCUT2D eigenvalue weighted by Gasteiger charge is -2.06. The van der Waals surface area contributed by atoms with Crippen molar-refractivity contribution in [2.24, 2.45) is 0 Å². The van der Waals surface area contributed by atoms with Crippen LogP contribution in [-0.2, 0) is 11.2 Å². The number of nitrogens with zero attached hydrogens (tertiary/aromatic N) is 4. The summed E-state index contributed by atoms with van der Waals surface area (Å²) in [5, 5.41) is 9.07. The van der Waals surface area contributed by atoms with Crippen LogP contribution in [0.25, 0.3) is 27.3 Å². The first-order valence-corrected chi connectivity index (χ1v) is 10.8. The number of fused-ring (bicyclic) bond motifs is 2. The highest BCUT2D eigenvalue weighted by atomic mass is 32.1. The summed E-state index contributed by atoms with van der Waals surface area (Å²) in [7, 11) is 1.62. The molecule has 1 amide bonds. The number of ether oxygens (including phenoxy) is 1. The van der Waals surface area contributed by atoms with Gasteiger partial charge in [-0.25, -0.2) is 9.50 Å². The van der Waals surface area contributed by atoms with Gasteiger partial charge in [-0.3, -0.25) is 14.9 Å².